The number of nitrogens with zero attached hydrogens (tertiary/aromatic N) is 2. The zero-order valence-electron chi connectivity index (χ0n) is 23.9. The molecule has 0 aliphatic heterocycles. The molecule has 0 unspecified atom stereocenters. The number of carbonyl (C=O) groups excluding carboxylic acids is 1. The standard InChI is InChI=1S/C34H45ClN2O2/c1-3-5-7-9-11-13-15-17-28-18-19-30(24-32(28)35)34(38)39-31-22-20-29(21-23-31)33-36-25-27(26-37-33)16-14-12-10-8-6-4-2/h18-26H,3-17H2,1-2H3. The fourth-order valence-corrected chi connectivity index (χ4v) is 5.01. The summed E-state index contributed by atoms with van der Waals surface area (Å²) in [4.78, 5) is 21.8. The summed E-state index contributed by atoms with van der Waals surface area (Å²) in [6.45, 7) is 4.48. The van der Waals surface area contributed by atoms with E-state index in [4.69, 9.17) is 16.3 Å². The second-order valence-electron chi connectivity index (χ2n) is 10.5. The Balaban J connectivity index is 1.44. The van der Waals surface area contributed by atoms with Crippen molar-refractivity contribution in [2.75, 3.05) is 0 Å². The molecule has 0 saturated carbocycles. The summed E-state index contributed by atoms with van der Waals surface area (Å²) in [6.07, 6.45) is 22.3. The van der Waals surface area contributed by atoms with Gasteiger partial charge in [-0.05, 0) is 73.2 Å². The van der Waals surface area contributed by atoms with Crippen LogP contribution in [0.5, 0.6) is 5.75 Å². The Morgan fingerprint density at radius 2 is 1.28 bits per heavy atom. The number of esters is 1. The molecule has 0 aliphatic rings. The van der Waals surface area contributed by atoms with Crippen molar-refractivity contribution in [2.45, 2.75) is 110 Å². The van der Waals surface area contributed by atoms with E-state index < -0.39 is 5.97 Å². The molecule has 1 aromatic heterocycles. The van der Waals surface area contributed by atoms with E-state index in [-0.39, 0.29) is 0 Å². The monoisotopic (exact) mass is 548 g/mol. The predicted molar refractivity (Wildman–Crippen MR) is 163 cm³/mol. The van der Waals surface area contributed by atoms with Crippen molar-refractivity contribution in [3.05, 3.63) is 76.6 Å². The van der Waals surface area contributed by atoms with E-state index in [1.807, 2.05) is 30.6 Å². The number of hydrogen-bond donors (Lipinski definition) is 0. The van der Waals surface area contributed by atoms with Gasteiger partial charge in [0.15, 0.2) is 5.82 Å². The summed E-state index contributed by atoms with van der Waals surface area (Å²) >= 11 is 6.49. The van der Waals surface area contributed by atoms with Gasteiger partial charge in [0.05, 0.1) is 5.56 Å². The van der Waals surface area contributed by atoms with Gasteiger partial charge >= 0.3 is 5.97 Å². The molecule has 0 atom stereocenters. The molecule has 4 nitrogen and oxygen atoms in total. The highest BCUT2D eigenvalue weighted by Crippen LogP contribution is 2.24. The van der Waals surface area contributed by atoms with Gasteiger partial charge in [-0.3, -0.25) is 0 Å². The Morgan fingerprint density at radius 1 is 0.718 bits per heavy atom. The number of unbranched alkanes of at least 4 members (excludes halogenated alkanes) is 11. The van der Waals surface area contributed by atoms with Crippen LogP contribution in [0.1, 0.15) is 119 Å². The second kappa shape index (κ2) is 17.8. The molecule has 3 rings (SSSR count). The zero-order chi connectivity index (χ0) is 27.7. The first-order valence-corrected chi connectivity index (χ1v) is 15.4. The maximum atomic E-state index is 12.7. The number of aryl methyl sites for hydroxylation is 2. The zero-order valence-corrected chi connectivity index (χ0v) is 24.6. The molecule has 0 amide bonds. The minimum atomic E-state index is -0.414. The fraction of sp³-hybridized carbons (Fsp3) is 0.500. The summed E-state index contributed by atoms with van der Waals surface area (Å²) in [7, 11) is 0. The van der Waals surface area contributed by atoms with E-state index >= 15 is 0 Å². The van der Waals surface area contributed by atoms with E-state index in [1.54, 1.807) is 24.3 Å². The van der Waals surface area contributed by atoms with Gasteiger partial charge < -0.3 is 4.74 Å². The second-order valence-corrected chi connectivity index (χ2v) is 10.9. The van der Waals surface area contributed by atoms with Crippen LogP contribution in [0.4, 0.5) is 0 Å². The molecular formula is C34H45ClN2O2. The highest BCUT2D eigenvalue weighted by Gasteiger charge is 2.12. The predicted octanol–water partition coefficient (Wildman–Crippen LogP) is 10.2. The Labute approximate surface area is 240 Å². The van der Waals surface area contributed by atoms with Gasteiger partial charge in [-0.15, -0.1) is 0 Å². The first-order chi connectivity index (χ1) is 19.1. The van der Waals surface area contributed by atoms with E-state index in [1.165, 1.54) is 82.6 Å². The quantitative estimate of drug-likeness (QED) is 0.0900. The lowest BCUT2D eigenvalue weighted by atomic mass is 10.0. The minimum Gasteiger partial charge on any atom is -0.423 e. The molecule has 0 fully saturated rings. The van der Waals surface area contributed by atoms with Crippen LogP contribution >= 0.6 is 11.6 Å². The lowest BCUT2D eigenvalue weighted by Crippen LogP contribution is -2.08. The van der Waals surface area contributed by atoms with Gasteiger partial charge in [0.25, 0.3) is 0 Å². The number of ether oxygens (including phenoxy) is 1. The normalized spacial score (nSPS) is 11.1. The molecular weight excluding hydrogens is 504 g/mol. The average molecular weight is 549 g/mol. The first kappa shape index (κ1) is 30.8. The third kappa shape index (κ3) is 11.1. The fourth-order valence-electron chi connectivity index (χ4n) is 4.73. The Kier molecular flexibility index (Phi) is 14.1. The van der Waals surface area contributed by atoms with Crippen LogP contribution in [-0.2, 0) is 12.8 Å². The molecule has 0 bridgehead atoms. The molecule has 0 N–H and O–H groups in total. The summed E-state index contributed by atoms with van der Waals surface area (Å²) < 4.78 is 5.59. The number of rotatable bonds is 18. The largest absolute Gasteiger partial charge is 0.423 e. The molecule has 0 saturated heterocycles. The highest BCUT2D eigenvalue weighted by molar-refractivity contribution is 6.31. The van der Waals surface area contributed by atoms with Crippen LogP contribution in [0, 0.1) is 0 Å². The lowest BCUT2D eigenvalue weighted by molar-refractivity contribution is 0.0734. The molecule has 1 heterocycles. The van der Waals surface area contributed by atoms with E-state index in [2.05, 4.69) is 23.8 Å². The van der Waals surface area contributed by atoms with Crippen LogP contribution < -0.4 is 4.74 Å². The number of aromatic nitrogens is 2. The Bertz CT molecular complexity index is 1110. The summed E-state index contributed by atoms with van der Waals surface area (Å²) in [6, 6.07) is 12.8. The van der Waals surface area contributed by atoms with Crippen LogP contribution in [-0.4, -0.2) is 15.9 Å². The van der Waals surface area contributed by atoms with Crippen LogP contribution in [0.25, 0.3) is 11.4 Å². The van der Waals surface area contributed by atoms with Crippen molar-refractivity contribution in [1.82, 2.24) is 9.97 Å². The number of benzene rings is 2. The van der Waals surface area contributed by atoms with Crippen molar-refractivity contribution in [2.24, 2.45) is 0 Å². The average Bonchev–Trinajstić information content (AvgIpc) is 2.96. The maximum Gasteiger partial charge on any atom is 0.343 e. The van der Waals surface area contributed by atoms with Gasteiger partial charge in [0.1, 0.15) is 5.75 Å². The van der Waals surface area contributed by atoms with Crippen molar-refractivity contribution in [3.8, 4) is 17.1 Å². The molecule has 2 aromatic carbocycles. The third-order valence-electron chi connectivity index (χ3n) is 7.19. The molecule has 0 spiro atoms. The van der Waals surface area contributed by atoms with Gasteiger partial charge in [-0.1, -0.05) is 102 Å². The molecule has 3 aromatic rings. The molecule has 210 valence electrons. The SMILES string of the molecule is CCCCCCCCCc1ccc(C(=O)Oc2ccc(-c3ncc(CCCCCCCC)cn3)cc2)cc1Cl. The van der Waals surface area contributed by atoms with Crippen LogP contribution in [0.15, 0.2) is 54.9 Å². The first-order valence-electron chi connectivity index (χ1n) is 15.0. The highest BCUT2D eigenvalue weighted by atomic mass is 35.5. The summed E-state index contributed by atoms with van der Waals surface area (Å²) in [5.74, 6) is 0.733. The number of carbonyl (C=O) groups is 1. The van der Waals surface area contributed by atoms with Crippen molar-refractivity contribution in [3.63, 3.8) is 0 Å². The Morgan fingerprint density at radius 3 is 1.87 bits per heavy atom. The van der Waals surface area contributed by atoms with E-state index in [0.717, 1.165) is 30.4 Å². The Hall–Kier alpha value is -2.72. The van der Waals surface area contributed by atoms with Gasteiger partial charge in [-0.25, -0.2) is 14.8 Å². The third-order valence-corrected chi connectivity index (χ3v) is 7.54. The smallest absolute Gasteiger partial charge is 0.343 e. The van der Waals surface area contributed by atoms with Crippen molar-refractivity contribution in [1.29, 1.82) is 0 Å². The van der Waals surface area contributed by atoms with E-state index in [9.17, 15) is 4.79 Å². The van der Waals surface area contributed by atoms with Crippen molar-refractivity contribution >= 4 is 17.6 Å². The summed E-state index contributed by atoms with van der Waals surface area (Å²) in [5.41, 5.74) is 3.60. The van der Waals surface area contributed by atoms with Gasteiger partial charge in [-0.2, -0.15) is 0 Å². The van der Waals surface area contributed by atoms with Crippen molar-refractivity contribution < 1.29 is 9.53 Å². The molecule has 0 aliphatic carbocycles. The molecule has 39 heavy (non-hydrogen) atoms. The number of hydrogen-bond acceptors (Lipinski definition) is 4. The van der Waals surface area contributed by atoms with Crippen LogP contribution in [0.3, 0.4) is 0 Å². The van der Waals surface area contributed by atoms with Gasteiger partial charge in [0.2, 0.25) is 0 Å². The van der Waals surface area contributed by atoms with Crippen LogP contribution in [0.2, 0.25) is 5.02 Å². The van der Waals surface area contributed by atoms with E-state index in [0.29, 0.717) is 22.2 Å². The topological polar surface area (TPSA) is 52.1 Å². The summed E-state index contributed by atoms with van der Waals surface area (Å²) in [5, 5.41) is 0.628. The molecule has 5 heteroatoms. The molecule has 0 radical (unpaired) electrons. The van der Waals surface area contributed by atoms with Gasteiger partial charge in [0, 0.05) is 23.0 Å². The minimum absolute atomic E-state index is 0.414. The lowest BCUT2D eigenvalue weighted by Gasteiger charge is -2.09. The maximum absolute atomic E-state index is 12.7. The number of halogens is 1.